The van der Waals surface area contributed by atoms with Crippen molar-refractivity contribution in [1.29, 1.82) is 0 Å². The molecule has 1 unspecified atom stereocenters. The van der Waals surface area contributed by atoms with Crippen LogP contribution in [0.5, 0.6) is 0 Å². The number of methoxy groups -OCH3 is 1. The Hall–Kier alpha value is -0.420. The molecule has 0 aromatic carbocycles. The highest BCUT2D eigenvalue weighted by Gasteiger charge is 2.18. The molecule has 0 saturated carbocycles. The van der Waals surface area contributed by atoms with Crippen LogP contribution in [0.1, 0.15) is 24.8 Å². The Morgan fingerprint density at radius 2 is 2.33 bits per heavy atom. The first kappa shape index (κ1) is 12.6. The highest BCUT2D eigenvalue weighted by atomic mass is 32.1. The van der Waals surface area contributed by atoms with Crippen molar-refractivity contribution in [1.82, 2.24) is 5.32 Å². The van der Waals surface area contributed by atoms with Crippen molar-refractivity contribution in [2.24, 2.45) is 0 Å². The van der Waals surface area contributed by atoms with E-state index in [2.05, 4.69) is 19.2 Å². The second-order valence-electron chi connectivity index (χ2n) is 4.23. The summed E-state index contributed by atoms with van der Waals surface area (Å²) >= 11 is 1.57. The normalized spacial score (nSPS) is 14.1. The molecule has 1 rings (SSSR count). The molecule has 86 valence electrons. The summed E-state index contributed by atoms with van der Waals surface area (Å²) in [5.74, 6) is 0. The molecular weight excluding hydrogens is 210 g/mol. The fraction of sp³-hybridized carbons (Fsp3) is 0.636. The molecule has 1 atom stereocenters. The quantitative estimate of drug-likeness (QED) is 0.781. The van der Waals surface area contributed by atoms with Crippen molar-refractivity contribution in [3.8, 4) is 0 Å². The molecule has 1 aromatic heterocycles. The summed E-state index contributed by atoms with van der Waals surface area (Å²) in [5, 5.41) is 15.1. The van der Waals surface area contributed by atoms with Crippen LogP contribution in [0.4, 0.5) is 0 Å². The molecule has 0 amide bonds. The molecule has 4 heteroatoms. The molecular formula is C11H19NO2S. The van der Waals surface area contributed by atoms with Crippen LogP contribution in [-0.4, -0.2) is 30.9 Å². The molecule has 3 nitrogen and oxygen atoms in total. The molecule has 0 aliphatic heterocycles. The van der Waals surface area contributed by atoms with Crippen molar-refractivity contribution < 1.29 is 9.84 Å². The van der Waals surface area contributed by atoms with Gasteiger partial charge in [0.2, 0.25) is 0 Å². The first-order valence-corrected chi connectivity index (χ1v) is 5.88. The molecule has 0 spiro atoms. The predicted molar refractivity (Wildman–Crippen MR) is 63.2 cm³/mol. The standard InChI is InChI=1S/C11H19NO2S/c1-11(2,8-14-3)12-7-9(13)10-5-4-6-15-10/h4-6,9,12-13H,7-8H2,1-3H3. The number of β-amino-alcohol motifs (C(OH)–C–C–N with tert-alkyl or cyclic N) is 1. The van der Waals surface area contributed by atoms with Crippen molar-refractivity contribution in [2.45, 2.75) is 25.5 Å². The van der Waals surface area contributed by atoms with Gasteiger partial charge in [-0.05, 0) is 25.3 Å². The number of ether oxygens (including phenoxy) is 1. The van der Waals surface area contributed by atoms with Gasteiger partial charge < -0.3 is 15.2 Å². The van der Waals surface area contributed by atoms with E-state index < -0.39 is 6.10 Å². The zero-order valence-electron chi connectivity index (χ0n) is 9.49. The number of aliphatic hydroxyl groups is 1. The highest BCUT2D eigenvalue weighted by Crippen LogP contribution is 2.18. The molecule has 0 aliphatic carbocycles. The van der Waals surface area contributed by atoms with Crippen LogP contribution in [-0.2, 0) is 4.74 Å². The predicted octanol–water partition coefficient (Wildman–Crippen LogP) is 1.80. The van der Waals surface area contributed by atoms with E-state index in [9.17, 15) is 5.11 Å². The SMILES string of the molecule is COCC(C)(C)NCC(O)c1cccs1. The summed E-state index contributed by atoms with van der Waals surface area (Å²) in [5.41, 5.74) is -0.104. The van der Waals surface area contributed by atoms with E-state index in [0.717, 1.165) is 4.88 Å². The van der Waals surface area contributed by atoms with Gasteiger partial charge in [-0.2, -0.15) is 0 Å². The molecule has 15 heavy (non-hydrogen) atoms. The van der Waals surface area contributed by atoms with Gasteiger partial charge in [0.1, 0.15) is 6.10 Å². The minimum Gasteiger partial charge on any atom is -0.386 e. The maximum Gasteiger partial charge on any atom is 0.101 e. The van der Waals surface area contributed by atoms with Crippen LogP contribution in [0.2, 0.25) is 0 Å². The minimum atomic E-state index is -0.430. The van der Waals surface area contributed by atoms with Gasteiger partial charge in [0.05, 0.1) is 6.61 Å². The van der Waals surface area contributed by atoms with E-state index in [0.29, 0.717) is 13.2 Å². The Balaban J connectivity index is 2.37. The number of hydrogen-bond donors (Lipinski definition) is 2. The third-order valence-electron chi connectivity index (χ3n) is 2.15. The van der Waals surface area contributed by atoms with Gasteiger partial charge in [-0.15, -0.1) is 11.3 Å². The van der Waals surface area contributed by atoms with Crippen molar-refractivity contribution in [3.05, 3.63) is 22.4 Å². The molecule has 1 heterocycles. The summed E-state index contributed by atoms with van der Waals surface area (Å²) in [6, 6.07) is 3.89. The third-order valence-corrected chi connectivity index (χ3v) is 3.12. The topological polar surface area (TPSA) is 41.5 Å². The van der Waals surface area contributed by atoms with Gasteiger partial charge in [-0.1, -0.05) is 6.07 Å². The lowest BCUT2D eigenvalue weighted by atomic mass is 10.1. The first-order valence-electron chi connectivity index (χ1n) is 5.00. The lowest BCUT2D eigenvalue weighted by Gasteiger charge is -2.26. The molecule has 0 bridgehead atoms. The van der Waals surface area contributed by atoms with Crippen LogP contribution in [0.3, 0.4) is 0 Å². The Morgan fingerprint density at radius 1 is 1.60 bits per heavy atom. The summed E-state index contributed by atoms with van der Waals surface area (Å²) in [6.07, 6.45) is -0.430. The average molecular weight is 229 g/mol. The van der Waals surface area contributed by atoms with E-state index >= 15 is 0 Å². The van der Waals surface area contributed by atoms with E-state index in [1.165, 1.54) is 0 Å². The van der Waals surface area contributed by atoms with Crippen LogP contribution < -0.4 is 5.32 Å². The van der Waals surface area contributed by atoms with Crippen molar-refractivity contribution in [3.63, 3.8) is 0 Å². The molecule has 0 saturated heterocycles. The van der Waals surface area contributed by atoms with E-state index in [1.54, 1.807) is 18.4 Å². The summed E-state index contributed by atoms with van der Waals surface area (Å²) in [4.78, 5) is 0.996. The number of hydrogen-bond acceptors (Lipinski definition) is 4. The van der Waals surface area contributed by atoms with Crippen molar-refractivity contribution >= 4 is 11.3 Å². The maximum absolute atomic E-state index is 9.85. The molecule has 0 fully saturated rings. The highest BCUT2D eigenvalue weighted by molar-refractivity contribution is 7.10. The average Bonchev–Trinajstić information content (AvgIpc) is 2.67. The first-order chi connectivity index (χ1) is 7.05. The van der Waals surface area contributed by atoms with E-state index in [4.69, 9.17) is 4.74 Å². The summed E-state index contributed by atoms with van der Waals surface area (Å²) < 4.78 is 5.09. The van der Waals surface area contributed by atoms with Gasteiger partial charge in [-0.25, -0.2) is 0 Å². The van der Waals surface area contributed by atoms with Crippen LogP contribution in [0, 0.1) is 0 Å². The van der Waals surface area contributed by atoms with Crippen LogP contribution >= 0.6 is 11.3 Å². The Labute approximate surface area is 95.1 Å². The largest absolute Gasteiger partial charge is 0.386 e. The molecule has 0 radical (unpaired) electrons. The fourth-order valence-corrected chi connectivity index (χ4v) is 2.08. The lowest BCUT2D eigenvalue weighted by Crippen LogP contribution is -2.45. The Morgan fingerprint density at radius 3 is 2.87 bits per heavy atom. The minimum absolute atomic E-state index is 0.104. The van der Waals surface area contributed by atoms with Gasteiger partial charge in [0.25, 0.3) is 0 Å². The van der Waals surface area contributed by atoms with Gasteiger partial charge >= 0.3 is 0 Å². The maximum atomic E-state index is 9.85. The number of aliphatic hydroxyl groups excluding tert-OH is 1. The molecule has 1 aromatic rings. The Bertz CT molecular complexity index is 272. The summed E-state index contributed by atoms with van der Waals surface area (Å²) in [7, 11) is 1.68. The van der Waals surface area contributed by atoms with Crippen LogP contribution in [0.25, 0.3) is 0 Å². The lowest BCUT2D eigenvalue weighted by molar-refractivity contribution is 0.108. The second kappa shape index (κ2) is 5.61. The smallest absolute Gasteiger partial charge is 0.101 e. The second-order valence-corrected chi connectivity index (χ2v) is 5.21. The number of nitrogens with one attached hydrogen (secondary N) is 1. The Kier molecular flexibility index (Phi) is 4.73. The van der Waals surface area contributed by atoms with Crippen LogP contribution in [0.15, 0.2) is 17.5 Å². The molecule has 0 aliphatic rings. The van der Waals surface area contributed by atoms with Gasteiger partial charge in [-0.3, -0.25) is 0 Å². The van der Waals surface area contributed by atoms with Crippen molar-refractivity contribution in [2.75, 3.05) is 20.3 Å². The third kappa shape index (κ3) is 4.30. The fourth-order valence-electron chi connectivity index (χ4n) is 1.37. The number of rotatable bonds is 6. The van der Waals surface area contributed by atoms with Gasteiger partial charge in [0.15, 0.2) is 0 Å². The van der Waals surface area contributed by atoms with Gasteiger partial charge in [0, 0.05) is 24.1 Å². The van der Waals surface area contributed by atoms with E-state index in [-0.39, 0.29) is 5.54 Å². The molecule has 2 N–H and O–H groups in total. The zero-order chi connectivity index (χ0) is 11.3. The summed E-state index contributed by atoms with van der Waals surface area (Å²) in [6.45, 7) is 5.29. The van der Waals surface area contributed by atoms with E-state index in [1.807, 2.05) is 17.5 Å². The monoisotopic (exact) mass is 229 g/mol. The number of thiophene rings is 1. The zero-order valence-corrected chi connectivity index (χ0v) is 10.3.